The number of amides is 1. The van der Waals surface area contributed by atoms with Gasteiger partial charge in [0.25, 0.3) is 5.91 Å². The third-order valence-electron chi connectivity index (χ3n) is 3.23. The second-order valence-corrected chi connectivity index (χ2v) is 6.51. The number of piperazine rings is 1. The number of alkyl halides is 1. The Balaban J connectivity index is 1.99. The van der Waals surface area contributed by atoms with Crippen LogP contribution in [0.2, 0.25) is 5.02 Å². The van der Waals surface area contributed by atoms with Crippen LogP contribution in [0.1, 0.15) is 10.4 Å². The molecular weight excluding hydrogens is 395 g/mol. The fourth-order valence-electron chi connectivity index (χ4n) is 2.11. The Morgan fingerprint density at radius 3 is 2.53 bits per heavy atom. The van der Waals surface area contributed by atoms with Crippen molar-refractivity contribution >= 4 is 49.4 Å². The van der Waals surface area contributed by atoms with E-state index in [0.717, 1.165) is 42.5 Å². The lowest BCUT2D eigenvalue weighted by atomic mass is 10.2. The second kappa shape index (κ2) is 7.07. The molecule has 19 heavy (non-hydrogen) atoms. The van der Waals surface area contributed by atoms with Crippen LogP contribution in [-0.4, -0.2) is 53.8 Å². The molecule has 2 rings (SSSR count). The van der Waals surface area contributed by atoms with Crippen LogP contribution in [0.25, 0.3) is 0 Å². The van der Waals surface area contributed by atoms with E-state index in [1.54, 1.807) is 6.07 Å². The van der Waals surface area contributed by atoms with Gasteiger partial charge in [0.15, 0.2) is 0 Å². The van der Waals surface area contributed by atoms with Gasteiger partial charge in [-0.15, -0.1) is 0 Å². The van der Waals surface area contributed by atoms with Gasteiger partial charge in [0.1, 0.15) is 0 Å². The molecule has 0 saturated carbocycles. The average Bonchev–Trinajstić information content (AvgIpc) is 2.42. The first-order chi connectivity index (χ1) is 9.11. The molecule has 1 amide bonds. The highest BCUT2D eigenvalue weighted by atomic mass is 79.9. The van der Waals surface area contributed by atoms with E-state index in [4.69, 9.17) is 11.6 Å². The van der Waals surface area contributed by atoms with Crippen LogP contribution < -0.4 is 0 Å². The maximum absolute atomic E-state index is 12.4. The number of halogens is 3. The minimum Gasteiger partial charge on any atom is -0.336 e. The van der Waals surface area contributed by atoms with E-state index in [1.807, 2.05) is 17.0 Å². The Morgan fingerprint density at radius 1 is 1.26 bits per heavy atom. The quantitative estimate of drug-likeness (QED) is 0.715. The van der Waals surface area contributed by atoms with E-state index in [1.165, 1.54) is 0 Å². The zero-order valence-corrected chi connectivity index (χ0v) is 14.3. The van der Waals surface area contributed by atoms with Crippen molar-refractivity contribution in [3.05, 3.63) is 33.3 Å². The van der Waals surface area contributed by atoms with Crippen molar-refractivity contribution in [1.82, 2.24) is 9.80 Å². The lowest BCUT2D eigenvalue weighted by Crippen LogP contribution is -2.49. The summed E-state index contributed by atoms with van der Waals surface area (Å²) in [6.45, 7) is 4.45. The fourth-order valence-corrected chi connectivity index (χ4v) is 3.03. The molecule has 0 aromatic heterocycles. The van der Waals surface area contributed by atoms with Crippen LogP contribution in [0.15, 0.2) is 22.7 Å². The third-order valence-corrected chi connectivity index (χ3v) is 4.81. The summed E-state index contributed by atoms with van der Waals surface area (Å²) in [6, 6.07) is 5.35. The third kappa shape index (κ3) is 3.94. The first-order valence-corrected chi connectivity index (χ1v) is 8.43. The van der Waals surface area contributed by atoms with E-state index in [2.05, 4.69) is 36.8 Å². The summed E-state index contributed by atoms with van der Waals surface area (Å²) in [6.07, 6.45) is 0. The Kier molecular flexibility index (Phi) is 5.69. The number of nitrogens with zero attached hydrogens (tertiary/aromatic N) is 2. The van der Waals surface area contributed by atoms with E-state index < -0.39 is 0 Å². The van der Waals surface area contributed by atoms with Crippen LogP contribution in [0.4, 0.5) is 0 Å². The van der Waals surface area contributed by atoms with Gasteiger partial charge in [0, 0.05) is 48.1 Å². The molecule has 0 spiro atoms. The zero-order valence-electron chi connectivity index (χ0n) is 10.4. The van der Waals surface area contributed by atoms with Gasteiger partial charge in [-0.3, -0.25) is 9.69 Å². The summed E-state index contributed by atoms with van der Waals surface area (Å²) < 4.78 is 0.813. The fraction of sp³-hybridized carbons (Fsp3) is 0.462. The molecule has 0 atom stereocenters. The smallest absolute Gasteiger partial charge is 0.253 e. The number of hydrogen-bond donors (Lipinski definition) is 0. The lowest BCUT2D eigenvalue weighted by molar-refractivity contribution is 0.0645. The van der Waals surface area contributed by atoms with Crippen molar-refractivity contribution in [3.8, 4) is 0 Å². The van der Waals surface area contributed by atoms with Crippen molar-refractivity contribution in [2.45, 2.75) is 0 Å². The van der Waals surface area contributed by atoms with Gasteiger partial charge in [-0.2, -0.15) is 0 Å². The maximum Gasteiger partial charge on any atom is 0.253 e. The van der Waals surface area contributed by atoms with Gasteiger partial charge < -0.3 is 4.90 Å². The van der Waals surface area contributed by atoms with Crippen molar-refractivity contribution < 1.29 is 4.79 Å². The highest BCUT2D eigenvalue weighted by molar-refractivity contribution is 9.10. The lowest BCUT2D eigenvalue weighted by Gasteiger charge is -2.34. The number of carbonyl (C=O) groups excluding carboxylic acids is 1. The molecule has 0 bridgehead atoms. The van der Waals surface area contributed by atoms with Gasteiger partial charge in [-0.25, -0.2) is 0 Å². The Morgan fingerprint density at radius 2 is 1.95 bits per heavy atom. The molecule has 1 aliphatic rings. The molecule has 1 heterocycles. The molecule has 0 unspecified atom stereocenters. The minimum atomic E-state index is 0.0629. The maximum atomic E-state index is 12.4. The van der Waals surface area contributed by atoms with E-state index in [0.29, 0.717) is 10.6 Å². The van der Waals surface area contributed by atoms with Crippen molar-refractivity contribution in [1.29, 1.82) is 0 Å². The van der Waals surface area contributed by atoms with Gasteiger partial charge in [0.2, 0.25) is 0 Å². The molecule has 6 heteroatoms. The van der Waals surface area contributed by atoms with Crippen LogP contribution in [0.3, 0.4) is 0 Å². The predicted molar refractivity (Wildman–Crippen MR) is 85.3 cm³/mol. The van der Waals surface area contributed by atoms with Gasteiger partial charge in [0.05, 0.1) is 5.02 Å². The largest absolute Gasteiger partial charge is 0.336 e. The van der Waals surface area contributed by atoms with Gasteiger partial charge in [-0.1, -0.05) is 27.5 Å². The molecule has 1 fully saturated rings. The van der Waals surface area contributed by atoms with E-state index in [9.17, 15) is 4.79 Å². The summed E-state index contributed by atoms with van der Waals surface area (Å²) in [7, 11) is 0. The zero-order chi connectivity index (χ0) is 13.8. The highest BCUT2D eigenvalue weighted by Gasteiger charge is 2.22. The van der Waals surface area contributed by atoms with Gasteiger partial charge in [-0.05, 0) is 34.1 Å². The molecule has 3 nitrogen and oxygen atoms in total. The molecule has 0 radical (unpaired) electrons. The highest BCUT2D eigenvalue weighted by Crippen LogP contribution is 2.24. The van der Waals surface area contributed by atoms with Crippen molar-refractivity contribution in [2.24, 2.45) is 0 Å². The van der Waals surface area contributed by atoms with Crippen LogP contribution in [0, 0.1) is 0 Å². The Labute approximate surface area is 135 Å². The summed E-state index contributed by atoms with van der Waals surface area (Å²) in [5.74, 6) is 0.0629. The second-order valence-electron chi connectivity index (χ2n) is 4.45. The number of rotatable bonds is 3. The molecule has 1 aromatic carbocycles. The van der Waals surface area contributed by atoms with E-state index in [-0.39, 0.29) is 5.91 Å². The first-order valence-electron chi connectivity index (χ1n) is 6.14. The van der Waals surface area contributed by atoms with Crippen molar-refractivity contribution in [2.75, 3.05) is 38.1 Å². The Bertz CT molecular complexity index is 462. The summed E-state index contributed by atoms with van der Waals surface area (Å²) in [5, 5.41) is 1.55. The minimum absolute atomic E-state index is 0.0629. The Hall–Kier alpha value is -0.100. The molecule has 0 aliphatic carbocycles. The summed E-state index contributed by atoms with van der Waals surface area (Å²) in [4.78, 5) is 16.6. The number of hydrogen-bond acceptors (Lipinski definition) is 2. The number of carbonyl (C=O) groups is 1. The predicted octanol–water partition coefficient (Wildman–Crippen LogP) is 3.26. The topological polar surface area (TPSA) is 23.6 Å². The monoisotopic (exact) mass is 408 g/mol. The van der Waals surface area contributed by atoms with Crippen LogP contribution in [-0.2, 0) is 0 Å². The van der Waals surface area contributed by atoms with E-state index >= 15 is 0 Å². The van der Waals surface area contributed by atoms with Crippen LogP contribution >= 0.6 is 43.5 Å². The molecule has 1 saturated heterocycles. The first kappa shape index (κ1) is 15.3. The standard InChI is InChI=1S/C13H15Br2ClN2O/c14-3-4-17-5-7-18(8-6-17)13(19)10-1-2-11(15)12(16)9-10/h1-2,9H,3-8H2. The number of benzene rings is 1. The molecule has 0 N–H and O–H groups in total. The summed E-state index contributed by atoms with van der Waals surface area (Å²) >= 11 is 12.8. The normalized spacial score (nSPS) is 16.7. The van der Waals surface area contributed by atoms with Crippen molar-refractivity contribution in [3.63, 3.8) is 0 Å². The average molecular weight is 411 g/mol. The molecular formula is C13H15Br2ClN2O. The SMILES string of the molecule is O=C(c1ccc(Br)c(Cl)c1)N1CCN(CCBr)CC1. The van der Waals surface area contributed by atoms with Gasteiger partial charge >= 0.3 is 0 Å². The molecule has 1 aliphatic heterocycles. The molecule has 1 aromatic rings. The summed E-state index contributed by atoms with van der Waals surface area (Å²) in [5.41, 5.74) is 0.655. The molecule has 104 valence electrons. The van der Waals surface area contributed by atoms with Crippen LogP contribution in [0.5, 0.6) is 0 Å².